The highest BCUT2D eigenvalue weighted by Crippen LogP contribution is 2.56. The highest BCUT2D eigenvalue weighted by atomic mass is 35.5. The Morgan fingerprint density at radius 3 is 1.79 bits per heavy atom. The molecule has 1 aromatic rings. The van der Waals surface area contributed by atoms with Crippen LogP contribution in [0.25, 0.3) is 0 Å². The van der Waals surface area contributed by atoms with Gasteiger partial charge in [-0.05, 0) is 79.5 Å². The van der Waals surface area contributed by atoms with E-state index in [1.54, 1.807) is 0 Å². The number of hydrogen-bond acceptors (Lipinski definition) is 4. The molecule has 1 aromatic heterocycles. The maximum absolute atomic E-state index is 6.15. The number of halogens is 2. The first-order chi connectivity index (χ1) is 9.10. The average molecular weight is 300 g/mol. The van der Waals surface area contributed by atoms with Gasteiger partial charge in [0.15, 0.2) is 0 Å². The first kappa shape index (κ1) is 12.2. The lowest BCUT2D eigenvalue weighted by atomic mass is 9.54. The summed E-state index contributed by atoms with van der Waals surface area (Å²) in [5, 5.41) is 0.194. The van der Waals surface area contributed by atoms with E-state index in [2.05, 4.69) is 15.0 Å². The molecule has 0 saturated heterocycles. The summed E-state index contributed by atoms with van der Waals surface area (Å²) in [7, 11) is 0. The third-order valence-electron chi connectivity index (χ3n) is 4.85. The second kappa shape index (κ2) is 4.19. The largest absolute Gasteiger partial charge is 0.457 e. The molecule has 19 heavy (non-hydrogen) atoms. The zero-order valence-electron chi connectivity index (χ0n) is 10.5. The van der Waals surface area contributed by atoms with Crippen LogP contribution in [0.15, 0.2) is 0 Å². The number of rotatable bonds is 2. The van der Waals surface area contributed by atoms with Gasteiger partial charge < -0.3 is 4.74 Å². The molecule has 4 fully saturated rings. The molecule has 0 aromatic carbocycles. The monoisotopic (exact) mass is 299 g/mol. The SMILES string of the molecule is Clc1nc(Cl)nc(OC23CC4CC(CC(C4)C2)C3)n1. The molecule has 4 saturated carbocycles. The van der Waals surface area contributed by atoms with Crippen LogP contribution in [0.2, 0.25) is 10.6 Å². The Kier molecular flexibility index (Phi) is 2.68. The predicted octanol–water partition coefficient (Wildman–Crippen LogP) is 3.53. The van der Waals surface area contributed by atoms with Gasteiger partial charge in [0, 0.05) is 0 Å². The molecule has 4 nitrogen and oxygen atoms in total. The number of hydrogen-bond donors (Lipinski definition) is 0. The Hall–Kier alpha value is -0.610. The molecule has 5 rings (SSSR count). The highest BCUT2D eigenvalue weighted by Gasteiger charge is 2.52. The summed E-state index contributed by atoms with van der Waals surface area (Å²) in [4.78, 5) is 11.9. The summed E-state index contributed by atoms with van der Waals surface area (Å²) in [5.74, 6) is 2.46. The third-order valence-corrected chi connectivity index (χ3v) is 5.19. The van der Waals surface area contributed by atoms with E-state index in [0.717, 1.165) is 37.0 Å². The van der Waals surface area contributed by atoms with E-state index < -0.39 is 0 Å². The van der Waals surface area contributed by atoms with Gasteiger partial charge in [0.25, 0.3) is 0 Å². The van der Waals surface area contributed by atoms with Crippen molar-refractivity contribution in [2.45, 2.75) is 44.1 Å². The summed E-state index contributed by atoms with van der Waals surface area (Å²) in [6.45, 7) is 0. The Morgan fingerprint density at radius 1 is 0.842 bits per heavy atom. The van der Waals surface area contributed by atoms with Crippen molar-refractivity contribution in [3.8, 4) is 6.01 Å². The minimum absolute atomic E-state index is 0.0806. The number of ether oxygens (including phenoxy) is 1. The minimum Gasteiger partial charge on any atom is -0.457 e. The Morgan fingerprint density at radius 2 is 1.32 bits per heavy atom. The molecule has 0 atom stereocenters. The van der Waals surface area contributed by atoms with Crippen molar-refractivity contribution >= 4 is 23.2 Å². The van der Waals surface area contributed by atoms with Gasteiger partial charge in [-0.3, -0.25) is 0 Å². The van der Waals surface area contributed by atoms with Crippen molar-refractivity contribution in [1.82, 2.24) is 15.0 Å². The fourth-order valence-corrected chi connectivity index (χ4v) is 5.05. The van der Waals surface area contributed by atoms with E-state index in [1.807, 2.05) is 0 Å². The summed E-state index contributed by atoms with van der Waals surface area (Å²) in [6, 6.07) is 0.284. The first-order valence-electron chi connectivity index (χ1n) is 6.86. The predicted molar refractivity (Wildman–Crippen MR) is 71.4 cm³/mol. The van der Waals surface area contributed by atoms with E-state index in [-0.39, 0.29) is 22.2 Å². The molecule has 4 aliphatic carbocycles. The average Bonchev–Trinajstić information content (AvgIpc) is 2.23. The van der Waals surface area contributed by atoms with Crippen LogP contribution in [0.5, 0.6) is 6.01 Å². The van der Waals surface area contributed by atoms with E-state index in [9.17, 15) is 0 Å². The second-order valence-corrected chi connectivity index (χ2v) is 7.03. The fraction of sp³-hybridized carbons (Fsp3) is 0.769. The molecule has 0 spiro atoms. The molecule has 0 radical (unpaired) electrons. The molecule has 0 unspecified atom stereocenters. The zero-order valence-corrected chi connectivity index (χ0v) is 12.0. The lowest BCUT2D eigenvalue weighted by Crippen LogP contribution is -2.53. The van der Waals surface area contributed by atoms with Gasteiger partial charge >= 0.3 is 6.01 Å². The van der Waals surface area contributed by atoms with Crippen LogP contribution in [-0.4, -0.2) is 20.6 Å². The maximum Gasteiger partial charge on any atom is 0.322 e. The van der Waals surface area contributed by atoms with Gasteiger partial charge in [-0.2, -0.15) is 15.0 Å². The van der Waals surface area contributed by atoms with E-state index in [0.29, 0.717) is 0 Å². The quantitative estimate of drug-likeness (QED) is 0.838. The number of nitrogens with zero attached hydrogens (tertiary/aromatic N) is 3. The fourth-order valence-electron chi connectivity index (χ4n) is 4.70. The van der Waals surface area contributed by atoms with Gasteiger partial charge in [0.1, 0.15) is 5.60 Å². The van der Waals surface area contributed by atoms with Crippen molar-refractivity contribution in [3.05, 3.63) is 10.6 Å². The van der Waals surface area contributed by atoms with Gasteiger partial charge in [-0.25, -0.2) is 0 Å². The lowest BCUT2D eigenvalue weighted by molar-refractivity contribution is -0.111. The Labute approximate surface area is 121 Å². The van der Waals surface area contributed by atoms with Gasteiger partial charge in [0.05, 0.1) is 0 Å². The van der Waals surface area contributed by atoms with Crippen LogP contribution in [0.3, 0.4) is 0 Å². The molecule has 6 heteroatoms. The zero-order chi connectivity index (χ0) is 13.0. The van der Waals surface area contributed by atoms with Crippen LogP contribution in [0.4, 0.5) is 0 Å². The first-order valence-corrected chi connectivity index (χ1v) is 7.62. The molecule has 0 N–H and O–H groups in total. The highest BCUT2D eigenvalue weighted by molar-refractivity contribution is 6.31. The van der Waals surface area contributed by atoms with E-state index in [1.165, 1.54) is 19.3 Å². The molecular weight excluding hydrogens is 285 g/mol. The van der Waals surface area contributed by atoms with Crippen molar-refractivity contribution in [2.75, 3.05) is 0 Å². The van der Waals surface area contributed by atoms with Gasteiger partial charge in [-0.1, -0.05) is 0 Å². The Balaban J connectivity index is 1.62. The third kappa shape index (κ3) is 2.19. The molecule has 0 amide bonds. The van der Waals surface area contributed by atoms with Gasteiger partial charge in [0.2, 0.25) is 10.6 Å². The summed E-state index contributed by atoms with van der Waals surface area (Å²) >= 11 is 11.6. The van der Waals surface area contributed by atoms with Crippen LogP contribution in [-0.2, 0) is 0 Å². The molecule has 102 valence electrons. The van der Waals surface area contributed by atoms with Crippen LogP contribution < -0.4 is 4.74 Å². The van der Waals surface area contributed by atoms with Crippen molar-refractivity contribution in [3.63, 3.8) is 0 Å². The van der Waals surface area contributed by atoms with Crippen LogP contribution in [0, 0.1) is 17.8 Å². The molecule has 4 aliphatic rings. The molecule has 4 bridgehead atoms. The normalized spacial score (nSPS) is 39.6. The van der Waals surface area contributed by atoms with Crippen LogP contribution in [0.1, 0.15) is 38.5 Å². The number of aromatic nitrogens is 3. The van der Waals surface area contributed by atoms with Gasteiger partial charge in [-0.15, -0.1) is 0 Å². The molecule has 0 aliphatic heterocycles. The second-order valence-electron chi connectivity index (χ2n) is 6.36. The summed E-state index contributed by atoms with van der Waals surface area (Å²) in [6.07, 6.45) is 7.50. The summed E-state index contributed by atoms with van der Waals surface area (Å²) < 4.78 is 6.15. The molecule has 1 heterocycles. The minimum atomic E-state index is -0.0806. The maximum atomic E-state index is 6.15. The summed E-state index contributed by atoms with van der Waals surface area (Å²) in [5.41, 5.74) is -0.0806. The van der Waals surface area contributed by atoms with E-state index in [4.69, 9.17) is 27.9 Å². The smallest absolute Gasteiger partial charge is 0.322 e. The topological polar surface area (TPSA) is 47.9 Å². The van der Waals surface area contributed by atoms with Crippen molar-refractivity contribution < 1.29 is 4.74 Å². The Bertz CT molecular complexity index is 467. The van der Waals surface area contributed by atoms with Crippen LogP contribution >= 0.6 is 23.2 Å². The molecular formula is C13H15Cl2N3O. The van der Waals surface area contributed by atoms with Crippen molar-refractivity contribution in [2.24, 2.45) is 17.8 Å². The standard InChI is InChI=1S/C13H15Cl2N3O/c14-10-16-11(15)18-12(17-10)19-13-4-7-1-8(5-13)3-9(2-7)6-13/h7-9H,1-6H2. The lowest BCUT2D eigenvalue weighted by Gasteiger charge is -2.55. The van der Waals surface area contributed by atoms with Crippen molar-refractivity contribution in [1.29, 1.82) is 0 Å². The van der Waals surface area contributed by atoms with E-state index >= 15 is 0 Å².